The fourth-order valence-corrected chi connectivity index (χ4v) is 6.17. The third-order valence-corrected chi connectivity index (χ3v) is 7.89. The lowest BCUT2D eigenvalue weighted by molar-refractivity contribution is 0.398. The van der Waals surface area contributed by atoms with Crippen molar-refractivity contribution in [3.63, 3.8) is 0 Å². The van der Waals surface area contributed by atoms with Crippen molar-refractivity contribution in [2.45, 2.75) is 18.5 Å². The van der Waals surface area contributed by atoms with Crippen molar-refractivity contribution in [1.82, 2.24) is 0 Å². The van der Waals surface area contributed by atoms with Crippen LogP contribution in [0, 0.1) is 0 Å². The molecule has 0 saturated heterocycles. The molecule has 0 unspecified atom stereocenters. The molecule has 4 bridgehead atoms. The molecule has 0 spiro atoms. The summed E-state index contributed by atoms with van der Waals surface area (Å²) in [5, 5.41) is 8.28. The highest BCUT2D eigenvalue weighted by Gasteiger charge is 2.51. The number of ether oxygens (including phenoxy) is 3. The van der Waals surface area contributed by atoms with Crippen LogP contribution in [0.3, 0.4) is 0 Å². The molecule has 7 nitrogen and oxygen atoms in total. The Hall–Kier alpha value is -4.23. The number of nitrogens with one attached hydrogen (secondary N) is 2. The smallest absolute Gasteiger partial charge is 0.134 e. The molecule has 3 aliphatic rings. The molecule has 8 heteroatoms. The van der Waals surface area contributed by atoms with Crippen LogP contribution in [0.4, 0.5) is 22.7 Å². The van der Waals surface area contributed by atoms with Gasteiger partial charge in [-0.2, -0.15) is 0 Å². The SMILES string of the molecule is COc1ccc2c(c1)[C@H]1N3c4ccc(OC)cc4[C@H](N2)N1c1ccc(OC)cc1[C@H]3Nc1cccc(Cl)c1. The number of hydrogen-bond donors (Lipinski definition) is 2. The highest BCUT2D eigenvalue weighted by Crippen LogP contribution is 2.60. The van der Waals surface area contributed by atoms with Crippen LogP contribution in [0.15, 0.2) is 78.9 Å². The molecule has 7 rings (SSSR count). The second-order valence-electron chi connectivity index (χ2n) is 9.59. The number of halogens is 1. The van der Waals surface area contributed by atoms with E-state index in [2.05, 4.69) is 56.8 Å². The van der Waals surface area contributed by atoms with Crippen LogP contribution in [0.25, 0.3) is 0 Å². The zero-order valence-electron chi connectivity index (χ0n) is 21.2. The zero-order valence-corrected chi connectivity index (χ0v) is 22.0. The first kappa shape index (κ1) is 22.9. The van der Waals surface area contributed by atoms with Gasteiger partial charge in [0, 0.05) is 44.5 Å². The van der Waals surface area contributed by atoms with Crippen molar-refractivity contribution in [2.24, 2.45) is 0 Å². The van der Waals surface area contributed by atoms with E-state index in [9.17, 15) is 0 Å². The summed E-state index contributed by atoms with van der Waals surface area (Å²) in [6, 6.07) is 26.7. The third-order valence-electron chi connectivity index (χ3n) is 7.66. The average Bonchev–Trinajstić information content (AvgIpc) is 2.95. The molecule has 0 amide bonds. The van der Waals surface area contributed by atoms with Gasteiger partial charge in [-0.15, -0.1) is 0 Å². The van der Waals surface area contributed by atoms with Crippen molar-refractivity contribution in [2.75, 3.05) is 41.8 Å². The lowest BCUT2D eigenvalue weighted by atomic mass is 9.88. The van der Waals surface area contributed by atoms with Crippen molar-refractivity contribution in [1.29, 1.82) is 0 Å². The van der Waals surface area contributed by atoms with Crippen LogP contribution in [0.1, 0.15) is 35.2 Å². The standard InChI is InChI=1S/C30H27ClN4O3/c1-36-19-7-10-25-22(14-19)30-34-27-12-9-21(38-3)16-24(27)29(33-25)35(30)26-11-8-20(37-2)15-23(26)28(34)32-18-6-4-5-17(31)13-18/h4-16,28-30,32-33H,1-3H3/t28-,29+,30-/m0/s1. The molecule has 0 saturated carbocycles. The van der Waals surface area contributed by atoms with Gasteiger partial charge in [0.2, 0.25) is 0 Å². The molecule has 0 fully saturated rings. The Morgan fingerprint density at radius 2 is 1.34 bits per heavy atom. The van der Waals surface area contributed by atoms with Crippen LogP contribution >= 0.6 is 11.6 Å². The van der Waals surface area contributed by atoms with E-state index < -0.39 is 0 Å². The molecule has 4 aromatic carbocycles. The summed E-state index contributed by atoms with van der Waals surface area (Å²) < 4.78 is 17.0. The Kier molecular flexibility index (Phi) is 5.23. The number of nitrogens with zero attached hydrogens (tertiary/aromatic N) is 2. The van der Waals surface area contributed by atoms with Gasteiger partial charge in [0.15, 0.2) is 0 Å². The molecular formula is C30H27ClN4O3. The second kappa shape index (κ2) is 8.67. The zero-order chi connectivity index (χ0) is 26.0. The number of fused-ring (bicyclic) bond motifs is 5. The first-order chi connectivity index (χ1) is 18.6. The molecule has 0 aliphatic carbocycles. The van der Waals surface area contributed by atoms with E-state index in [1.165, 1.54) is 0 Å². The minimum absolute atomic E-state index is 0.0928. The maximum absolute atomic E-state index is 6.40. The van der Waals surface area contributed by atoms with E-state index >= 15 is 0 Å². The van der Waals surface area contributed by atoms with Gasteiger partial charge in [-0.25, -0.2) is 0 Å². The highest BCUT2D eigenvalue weighted by atomic mass is 35.5. The molecule has 0 radical (unpaired) electrons. The molecule has 4 aromatic rings. The fraction of sp³-hybridized carbons (Fsp3) is 0.200. The lowest BCUT2D eigenvalue weighted by Crippen LogP contribution is -2.58. The van der Waals surface area contributed by atoms with Crippen molar-refractivity contribution in [3.05, 3.63) is 101 Å². The molecule has 192 valence electrons. The summed E-state index contributed by atoms with van der Waals surface area (Å²) in [6.07, 6.45) is -0.406. The summed E-state index contributed by atoms with van der Waals surface area (Å²) in [7, 11) is 5.11. The van der Waals surface area contributed by atoms with Crippen LogP contribution < -0.4 is 34.6 Å². The normalized spacial score (nSPS) is 19.9. The Morgan fingerprint density at radius 1 is 0.711 bits per heavy atom. The summed E-state index contributed by atoms with van der Waals surface area (Å²) >= 11 is 6.40. The molecule has 2 N–H and O–H groups in total. The predicted molar refractivity (Wildman–Crippen MR) is 151 cm³/mol. The first-order valence-electron chi connectivity index (χ1n) is 12.5. The van der Waals surface area contributed by atoms with E-state index in [0.717, 1.165) is 56.7 Å². The van der Waals surface area contributed by atoms with Crippen molar-refractivity contribution < 1.29 is 14.2 Å². The maximum atomic E-state index is 6.40. The van der Waals surface area contributed by atoms with Gasteiger partial charge in [0.25, 0.3) is 0 Å². The Balaban J connectivity index is 1.51. The largest absolute Gasteiger partial charge is 0.497 e. The number of rotatable bonds is 5. The summed E-state index contributed by atoms with van der Waals surface area (Å²) in [5.41, 5.74) is 7.63. The molecule has 0 aromatic heterocycles. The number of hydrogen-bond acceptors (Lipinski definition) is 7. The Bertz CT molecular complexity index is 1560. The van der Waals surface area contributed by atoms with Gasteiger partial charge in [-0.1, -0.05) is 17.7 Å². The molecule has 3 heterocycles. The molecule has 3 atom stereocenters. The highest BCUT2D eigenvalue weighted by molar-refractivity contribution is 6.30. The minimum atomic E-state index is -0.218. The van der Waals surface area contributed by atoms with Gasteiger partial charge >= 0.3 is 0 Å². The van der Waals surface area contributed by atoms with Crippen molar-refractivity contribution in [3.8, 4) is 17.2 Å². The molecule has 38 heavy (non-hydrogen) atoms. The quantitative estimate of drug-likeness (QED) is 0.292. The second-order valence-corrected chi connectivity index (χ2v) is 10.0. The Labute approximate surface area is 226 Å². The summed E-state index contributed by atoms with van der Waals surface area (Å²) in [6.45, 7) is 0. The average molecular weight is 527 g/mol. The van der Waals surface area contributed by atoms with Crippen LogP contribution in [0.5, 0.6) is 17.2 Å². The van der Waals surface area contributed by atoms with E-state index in [1.54, 1.807) is 21.3 Å². The van der Waals surface area contributed by atoms with Gasteiger partial charge in [-0.3, -0.25) is 0 Å². The van der Waals surface area contributed by atoms with Gasteiger partial charge < -0.3 is 34.6 Å². The lowest BCUT2D eigenvalue weighted by Gasteiger charge is -2.60. The number of benzene rings is 4. The Morgan fingerprint density at radius 3 is 2.03 bits per heavy atom. The topological polar surface area (TPSA) is 58.2 Å². The van der Waals surface area contributed by atoms with Crippen LogP contribution in [-0.2, 0) is 0 Å². The van der Waals surface area contributed by atoms with Crippen LogP contribution in [0.2, 0.25) is 5.02 Å². The van der Waals surface area contributed by atoms with E-state index in [1.807, 2.05) is 42.5 Å². The first-order valence-corrected chi connectivity index (χ1v) is 12.9. The van der Waals surface area contributed by atoms with Crippen LogP contribution in [-0.4, -0.2) is 21.3 Å². The molecule has 3 aliphatic heterocycles. The number of methoxy groups -OCH3 is 3. The van der Waals surface area contributed by atoms with E-state index in [4.69, 9.17) is 25.8 Å². The van der Waals surface area contributed by atoms with E-state index in [-0.39, 0.29) is 18.5 Å². The van der Waals surface area contributed by atoms with Gasteiger partial charge in [0.1, 0.15) is 35.7 Å². The summed E-state index contributed by atoms with van der Waals surface area (Å²) in [4.78, 5) is 4.88. The minimum Gasteiger partial charge on any atom is -0.497 e. The monoisotopic (exact) mass is 526 g/mol. The maximum Gasteiger partial charge on any atom is 0.134 e. The van der Waals surface area contributed by atoms with Crippen molar-refractivity contribution >= 4 is 34.4 Å². The third kappa shape index (κ3) is 3.35. The van der Waals surface area contributed by atoms with Gasteiger partial charge in [0.05, 0.1) is 21.3 Å². The van der Waals surface area contributed by atoms with Gasteiger partial charge in [-0.05, 0) is 72.8 Å². The fourth-order valence-electron chi connectivity index (χ4n) is 5.98. The van der Waals surface area contributed by atoms with E-state index in [0.29, 0.717) is 5.02 Å². The number of anilines is 4. The summed E-state index contributed by atoms with van der Waals surface area (Å²) in [5.74, 6) is 2.44. The predicted octanol–water partition coefficient (Wildman–Crippen LogP) is 6.94. The molecular weight excluding hydrogens is 500 g/mol.